The molecule has 0 aliphatic heterocycles. The summed E-state index contributed by atoms with van der Waals surface area (Å²) < 4.78 is 28.3. The van der Waals surface area contributed by atoms with Gasteiger partial charge in [0.15, 0.2) is 0 Å². The topological polar surface area (TPSA) is 90.0 Å². The summed E-state index contributed by atoms with van der Waals surface area (Å²) in [5.41, 5.74) is 6.19. The van der Waals surface area contributed by atoms with E-state index in [4.69, 9.17) is 5.73 Å². The van der Waals surface area contributed by atoms with Crippen LogP contribution < -0.4 is 10.5 Å². The molecule has 0 aliphatic rings. The number of hydrogen-bond acceptors (Lipinski definition) is 4. The number of nitrogens with one attached hydrogen (secondary N) is 1. The van der Waals surface area contributed by atoms with E-state index in [1.54, 1.807) is 14.0 Å². The van der Waals surface area contributed by atoms with Gasteiger partial charge in [-0.3, -0.25) is 4.68 Å². The molecule has 0 unspecified atom stereocenters. The van der Waals surface area contributed by atoms with Gasteiger partial charge in [-0.2, -0.15) is 5.10 Å². The molecule has 7 heteroatoms. The van der Waals surface area contributed by atoms with Crippen molar-refractivity contribution in [3.63, 3.8) is 0 Å². The minimum Gasteiger partial charge on any atom is -0.324 e. The quantitative estimate of drug-likeness (QED) is 0.791. The minimum atomic E-state index is -3.54. The Kier molecular flexibility index (Phi) is 4.52. The fourth-order valence-corrected chi connectivity index (χ4v) is 2.90. The highest BCUT2D eigenvalue weighted by Crippen LogP contribution is 2.15. The number of rotatable bonds is 6. The van der Waals surface area contributed by atoms with Crippen LogP contribution in [-0.4, -0.2) is 30.3 Å². The first-order valence-electron chi connectivity index (χ1n) is 6.03. The minimum absolute atomic E-state index is 0.208. The maximum absolute atomic E-state index is 12.1. The van der Waals surface area contributed by atoms with Crippen LogP contribution in [0.3, 0.4) is 0 Å². The second-order valence-corrected chi connectivity index (χ2v) is 6.35. The van der Waals surface area contributed by atoms with Crippen LogP contribution in [0.5, 0.6) is 0 Å². The van der Waals surface area contributed by atoms with E-state index in [1.165, 1.54) is 10.9 Å². The molecule has 1 aromatic rings. The lowest BCUT2D eigenvalue weighted by molar-refractivity contribution is 0.391. The molecule has 6 nitrogen and oxygen atoms in total. The normalized spacial score (nSPS) is 12.9. The molecule has 0 radical (unpaired) electrons. The number of hydrogen-bond donors (Lipinski definition) is 2. The average molecular weight is 274 g/mol. The van der Waals surface area contributed by atoms with E-state index in [-0.39, 0.29) is 11.4 Å². The van der Waals surface area contributed by atoms with E-state index in [0.717, 1.165) is 12.8 Å². The van der Waals surface area contributed by atoms with Crippen molar-refractivity contribution in [2.24, 2.45) is 12.8 Å². The number of aromatic nitrogens is 2. The van der Waals surface area contributed by atoms with Crippen molar-refractivity contribution in [1.29, 1.82) is 0 Å². The molecule has 0 saturated carbocycles. The van der Waals surface area contributed by atoms with Gasteiger partial charge in [0.1, 0.15) is 4.90 Å². The van der Waals surface area contributed by atoms with Crippen LogP contribution in [-0.2, 0) is 17.1 Å². The first-order valence-corrected chi connectivity index (χ1v) is 7.51. The maximum Gasteiger partial charge on any atom is 0.244 e. The highest BCUT2D eigenvalue weighted by atomic mass is 32.2. The second kappa shape index (κ2) is 5.38. The van der Waals surface area contributed by atoms with Crippen molar-refractivity contribution in [1.82, 2.24) is 14.5 Å². The zero-order valence-corrected chi connectivity index (χ0v) is 12.2. The van der Waals surface area contributed by atoms with Crippen LogP contribution in [0.25, 0.3) is 0 Å². The van der Waals surface area contributed by atoms with Crippen molar-refractivity contribution >= 4 is 10.0 Å². The summed E-state index contributed by atoms with van der Waals surface area (Å²) in [6, 6.07) is 0. The Morgan fingerprint density at radius 2 is 2.00 bits per heavy atom. The molecule has 0 fully saturated rings. The molecule has 1 aromatic heterocycles. The van der Waals surface area contributed by atoms with Gasteiger partial charge in [0.05, 0.1) is 11.9 Å². The van der Waals surface area contributed by atoms with E-state index < -0.39 is 15.6 Å². The zero-order chi connectivity index (χ0) is 14.0. The van der Waals surface area contributed by atoms with E-state index in [0.29, 0.717) is 5.69 Å². The number of aryl methyl sites for hydroxylation is 1. The van der Waals surface area contributed by atoms with Crippen LogP contribution in [0.2, 0.25) is 0 Å². The van der Waals surface area contributed by atoms with Gasteiger partial charge in [0.2, 0.25) is 10.0 Å². The highest BCUT2D eigenvalue weighted by molar-refractivity contribution is 7.89. The van der Waals surface area contributed by atoms with Crippen LogP contribution in [0.1, 0.15) is 32.4 Å². The van der Waals surface area contributed by atoms with Crippen molar-refractivity contribution in [2.75, 3.05) is 6.54 Å². The Morgan fingerprint density at radius 1 is 1.44 bits per heavy atom. The van der Waals surface area contributed by atoms with Gasteiger partial charge in [-0.15, -0.1) is 0 Å². The average Bonchev–Trinajstić information content (AvgIpc) is 2.68. The molecule has 104 valence electrons. The summed E-state index contributed by atoms with van der Waals surface area (Å²) in [5, 5.41) is 3.93. The van der Waals surface area contributed by atoms with E-state index in [2.05, 4.69) is 9.82 Å². The van der Waals surface area contributed by atoms with Crippen molar-refractivity contribution in [3.05, 3.63) is 11.9 Å². The lowest BCUT2D eigenvalue weighted by Crippen LogP contribution is -2.49. The molecular formula is C11H22N4O2S. The monoisotopic (exact) mass is 274 g/mol. The van der Waals surface area contributed by atoms with E-state index in [9.17, 15) is 8.42 Å². The summed E-state index contributed by atoms with van der Waals surface area (Å²) in [7, 11) is -1.83. The molecule has 1 rings (SSSR count). The summed E-state index contributed by atoms with van der Waals surface area (Å²) in [6.07, 6.45) is 2.80. The molecule has 0 amide bonds. The second-order valence-electron chi connectivity index (χ2n) is 4.61. The third-order valence-electron chi connectivity index (χ3n) is 3.50. The standard InChI is InChI=1S/C11H22N4O2S/c1-5-11(12,6-2)8-14-18(16,17)10-7-13-15(4)9(10)3/h7,14H,5-6,8,12H2,1-4H3. The first kappa shape index (κ1) is 15.1. The largest absolute Gasteiger partial charge is 0.324 e. The molecule has 0 aliphatic carbocycles. The summed E-state index contributed by atoms with van der Waals surface area (Å²) in [4.78, 5) is 0.208. The maximum atomic E-state index is 12.1. The number of sulfonamides is 1. The molecule has 18 heavy (non-hydrogen) atoms. The Bertz CT molecular complexity index is 503. The fraction of sp³-hybridized carbons (Fsp3) is 0.727. The lowest BCUT2D eigenvalue weighted by atomic mass is 9.95. The van der Waals surface area contributed by atoms with Crippen LogP contribution in [0.15, 0.2) is 11.1 Å². The van der Waals surface area contributed by atoms with Gasteiger partial charge in [0.25, 0.3) is 0 Å². The molecule has 0 aromatic carbocycles. The Morgan fingerprint density at radius 3 is 2.39 bits per heavy atom. The Hall–Kier alpha value is -0.920. The number of nitrogens with zero attached hydrogens (tertiary/aromatic N) is 2. The summed E-state index contributed by atoms with van der Waals surface area (Å²) >= 11 is 0. The molecule has 0 spiro atoms. The predicted molar refractivity (Wildman–Crippen MR) is 70.6 cm³/mol. The molecule has 1 heterocycles. The van der Waals surface area contributed by atoms with E-state index >= 15 is 0 Å². The summed E-state index contributed by atoms with van der Waals surface area (Å²) in [6.45, 7) is 5.85. The molecular weight excluding hydrogens is 252 g/mol. The third kappa shape index (κ3) is 3.09. The van der Waals surface area contributed by atoms with Crippen molar-refractivity contribution in [3.8, 4) is 0 Å². The smallest absolute Gasteiger partial charge is 0.244 e. The molecule has 0 atom stereocenters. The number of nitrogens with two attached hydrogens (primary N) is 1. The fourth-order valence-electron chi connectivity index (χ4n) is 1.56. The Labute approximate surface area is 109 Å². The van der Waals surface area contributed by atoms with Crippen LogP contribution >= 0.6 is 0 Å². The third-order valence-corrected chi connectivity index (χ3v) is 5.01. The lowest BCUT2D eigenvalue weighted by Gasteiger charge is -2.26. The molecule has 3 N–H and O–H groups in total. The van der Waals surface area contributed by atoms with Crippen molar-refractivity contribution < 1.29 is 8.42 Å². The van der Waals surface area contributed by atoms with Crippen LogP contribution in [0.4, 0.5) is 0 Å². The Balaban J connectivity index is 2.87. The first-order chi connectivity index (χ1) is 8.25. The van der Waals surface area contributed by atoms with Gasteiger partial charge in [0, 0.05) is 19.1 Å². The van der Waals surface area contributed by atoms with Gasteiger partial charge in [-0.25, -0.2) is 13.1 Å². The van der Waals surface area contributed by atoms with Crippen LogP contribution in [0, 0.1) is 6.92 Å². The predicted octanol–water partition coefficient (Wildman–Crippen LogP) is 0.524. The van der Waals surface area contributed by atoms with Gasteiger partial charge >= 0.3 is 0 Å². The molecule has 0 saturated heterocycles. The van der Waals surface area contributed by atoms with E-state index in [1.807, 2.05) is 13.8 Å². The zero-order valence-electron chi connectivity index (χ0n) is 11.4. The summed E-state index contributed by atoms with van der Waals surface area (Å²) in [5.74, 6) is 0. The van der Waals surface area contributed by atoms with Gasteiger partial charge in [-0.05, 0) is 19.8 Å². The van der Waals surface area contributed by atoms with Gasteiger partial charge < -0.3 is 5.73 Å². The SMILES string of the molecule is CCC(N)(CC)CNS(=O)(=O)c1cnn(C)c1C. The molecule has 0 bridgehead atoms. The van der Waals surface area contributed by atoms with Gasteiger partial charge in [-0.1, -0.05) is 13.8 Å². The highest BCUT2D eigenvalue weighted by Gasteiger charge is 2.25. The van der Waals surface area contributed by atoms with Crippen molar-refractivity contribution in [2.45, 2.75) is 44.0 Å².